The average molecular weight is 205 g/mol. The van der Waals surface area contributed by atoms with Gasteiger partial charge in [-0.05, 0) is 6.92 Å². The zero-order valence-corrected chi connectivity index (χ0v) is 8.18. The molecule has 0 bridgehead atoms. The van der Waals surface area contributed by atoms with Gasteiger partial charge >= 0.3 is 0 Å². The van der Waals surface area contributed by atoms with E-state index in [1.165, 1.54) is 0 Å². The Bertz CT molecular complexity index is 90.2. The highest BCUT2D eigenvalue weighted by atomic mass is 35.9. The summed E-state index contributed by atoms with van der Waals surface area (Å²) in [6.45, 7) is 1.06. The highest BCUT2D eigenvalue weighted by Gasteiger charge is 1.93. The molecule has 0 saturated heterocycles. The molecule has 0 radical (unpaired) electrons. The lowest BCUT2D eigenvalue weighted by atomic mass is 10.4. The van der Waals surface area contributed by atoms with Crippen LogP contribution >= 0.6 is 40.7 Å². The van der Waals surface area contributed by atoms with Gasteiger partial charge in [0.05, 0.1) is 6.63 Å². The molecule has 1 atom stereocenters. The van der Waals surface area contributed by atoms with Crippen molar-refractivity contribution in [1.29, 1.82) is 0 Å². The maximum absolute atomic E-state index is 5.60. The summed E-state index contributed by atoms with van der Waals surface area (Å²) in [6, 6.07) is 0. The van der Waals surface area contributed by atoms with Crippen LogP contribution in [0.5, 0.6) is 0 Å². The third-order valence-corrected chi connectivity index (χ3v) is 2.11. The molecule has 0 aromatic heterocycles. The molecular weight excluding hydrogens is 197 g/mol. The van der Waals surface area contributed by atoms with Crippen LogP contribution in [0.1, 0.15) is 6.92 Å². The van der Waals surface area contributed by atoms with Crippen molar-refractivity contribution in [2.45, 2.75) is 12.3 Å². The molecule has 0 amide bonds. The molecular formula is C5H8Cl3P. The largest absolute Gasteiger partial charge is 0.119 e. The van der Waals surface area contributed by atoms with Gasteiger partial charge in [0.2, 0.25) is 0 Å². The Kier molecular flexibility index (Phi) is 6.47. The van der Waals surface area contributed by atoms with Gasteiger partial charge in [0.15, 0.2) is 0 Å². The van der Waals surface area contributed by atoms with Gasteiger partial charge in [-0.3, -0.25) is 0 Å². The number of allylic oxidation sites excluding steroid dienone is 2. The number of hydrogen-bond acceptors (Lipinski definition) is 0. The fraction of sp³-hybridized carbons (Fsp3) is 0.600. The van der Waals surface area contributed by atoms with E-state index in [9.17, 15) is 0 Å². The predicted molar refractivity (Wildman–Crippen MR) is 47.9 cm³/mol. The first-order valence-corrected chi connectivity index (χ1v) is 6.30. The molecule has 0 rings (SSSR count). The maximum atomic E-state index is 5.60. The molecule has 0 spiro atoms. The van der Waals surface area contributed by atoms with Crippen molar-refractivity contribution in [3.8, 4) is 0 Å². The van der Waals surface area contributed by atoms with Crippen LogP contribution in [0.3, 0.4) is 0 Å². The minimum Gasteiger partial charge on any atom is -0.119 e. The molecule has 0 saturated carbocycles. The van der Waals surface area contributed by atoms with Crippen molar-refractivity contribution in [3.05, 3.63) is 12.2 Å². The first-order chi connectivity index (χ1) is 4.13. The summed E-state index contributed by atoms with van der Waals surface area (Å²) in [6.07, 6.45) is 4.51. The molecule has 0 heterocycles. The van der Waals surface area contributed by atoms with Crippen molar-refractivity contribution in [2.24, 2.45) is 0 Å². The van der Waals surface area contributed by atoms with Gasteiger partial charge in [-0.2, -0.15) is 0 Å². The standard InChI is InChI=1S/C5H8Cl3P/c1-5(6)3-2-4-9(7)8/h2-3,5H,4H2,1H3/b3-2+. The topological polar surface area (TPSA) is 0 Å². The Morgan fingerprint density at radius 1 is 1.56 bits per heavy atom. The van der Waals surface area contributed by atoms with Gasteiger partial charge in [-0.1, -0.05) is 34.6 Å². The molecule has 0 aliphatic rings. The zero-order valence-electron chi connectivity index (χ0n) is 5.02. The third kappa shape index (κ3) is 9.04. The van der Waals surface area contributed by atoms with Crippen LogP contribution in [0, 0.1) is 0 Å². The van der Waals surface area contributed by atoms with E-state index in [4.69, 9.17) is 34.1 Å². The summed E-state index contributed by atoms with van der Waals surface area (Å²) in [7, 11) is 0. The molecule has 1 unspecified atom stereocenters. The van der Waals surface area contributed by atoms with Crippen LogP contribution in [-0.4, -0.2) is 11.5 Å². The number of halogens is 3. The van der Waals surface area contributed by atoms with Crippen molar-refractivity contribution in [1.82, 2.24) is 0 Å². The lowest BCUT2D eigenvalue weighted by molar-refractivity contribution is 1.22. The molecule has 4 heteroatoms. The van der Waals surface area contributed by atoms with E-state index in [-0.39, 0.29) is 5.38 Å². The molecule has 0 aromatic rings. The first kappa shape index (κ1) is 10.0. The Hall–Kier alpha value is 1.04. The summed E-state index contributed by atoms with van der Waals surface area (Å²) in [4.78, 5) is 0. The van der Waals surface area contributed by atoms with Gasteiger partial charge in [0.25, 0.3) is 0 Å². The summed E-state index contributed by atoms with van der Waals surface area (Å²) in [5.74, 6) is 0. The maximum Gasteiger partial charge on any atom is 0.0892 e. The lowest BCUT2D eigenvalue weighted by Crippen LogP contribution is -1.80. The molecule has 9 heavy (non-hydrogen) atoms. The zero-order chi connectivity index (χ0) is 7.28. The van der Waals surface area contributed by atoms with Crippen LogP contribution in [0.25, 0.3) is 0 Å². The van der Waals surface area contributed by atoms with Crippen molar-refractivity contribution in [3.63, 3.8) is 0 Å². The second-order valence-corrected chi connectivity index (χ2v) is 6.22. The molecule has 0 aromatic carbocycles. The van der Waals surface area contributed by atoms with E-state index < -0.39 is 6.63 Å². The lowest BCUT2D eigenvalue weighted by Gasteiger charge is -1.92. The Morgan fingerprint density at radius 3 is 2.44 bits per heavy atom. The predicted octanol–water partition coefficient (Wildman–Crippen LogP) is 3.96. The fourth-order valence-electron chi connectivity index (χ4n) is 0.328. The summed E-state index contributed by atoms with van der Waals surface area (Å²) >= 11 is 16.6. The number of hydrogen-bond donors (Lipinski definition) is 0. The van der Waals surface area contributed by atoms with Gasteiger partial charge in [-0.25, -0.2) is 0 Å². The molecule has 0 nitrogen and oxygen atoms in total. The van der Waals surface area contributed by atoms with Crippen LogP contribution in [0.15, 0.2) is 12.2 Å². The number of alkyl halides is 1. The minimum atomic E-state index is -0.832. The summed E-state index contributed by atoms with van der Waals surface area (Å²) in [5.41, 5.74) is 0. The molecule has 0 N–H and O–H groups in total. The molecule has 54 valence electrons. The van der Waals surface area contributed by atoms with Crippen LogP contribution in [0.2, 0.25) is 0 Å². The van der Waals surface area contributed by atoms with Crippen LogP contribution < -0.4 is 0 Å². The normalized spacial score (nSPS) is 15.2. The quantitative estimate of drug-likeness (QED) is 0.372. The molecule has 0 fully saturated rings. The third-order valence-electron chi connectivity index (χ3n) is 0.645. The minimum absolute atomic E-state index is 0.0771. The van der Waals surface area contributed by atoms with E-state index in [0.29, 0.717) is 0 Å². The van der Waals surface area contributed by atoms with E-state index in [1.807, 2.05) is 19.1 Å². The average Bonchev–Trinajstić information content (AvgIpc) is 1.63. The fourth-order valence-corrected chi connectivity index (χ4v) is 1.19. The smallest absolute Gasteiger partial charge is 0.0892 e. The Morgan fingerprint density at radius 2 is 2.11 bits per heavy atom. The van der Waals surface area contributed by atoms with Crippen LogP contribution in [-0.2, 0) is 0 Å². The van der Waals surface area contributed by atoms with E-state index in [2.05, 4.69) is 0 Å². The SMILES string of the molecule is CC(Cl)/C=C/CP(Cl)Cl. The Balaban J connectivity index is 3.25. The van der Waals surface area contributed by atoms with E-state index in [0.717, 1.165) is 6.16 Å². The van der Waals surface area contributed by atoms with E-state index >= 15 is 0 Å². The highest BCUT2D eigenvalue weighted by molar-refractivity contribution is 8.04. The van der Waals surface area contributed by atoms with Crippen molar-refractivity contribution < 1.29 is 0 Å². The van der Waals surface area contributed by atoms with Gasteiger partial charge in [0, 0.05) is 11.5 Å². The number of rotatable bonds is 3. The van der Waals surface area contributed by atoms with Crippen molar-refractivity contribution >= 4 is 40.7 Å². The van der Waals surface area contributed by atoms with E-state index in [1.54, 1.807) is 0 Å². The first-order valence-electron chi connectivity index (χ1n) is 2.52. The Labute approximate surface area is 71.5 Å². The van der Waals surface area contributed by atoms with Crippen LogP contribution in [0.4, 0.5) is 0 Å². The summed E-state index contributed by atoms with van der Waals surface area (Å²) in [5, 5.41) is 0.0771. The molecule has 0 aliphatic heterocycles. The summed E-state index contributed by atoms with van der Waals surface area (Å²) < 4.78 is 0. The second-order valence-electron chi connectivity index (χ2n) is 1.59. The van der Waals surface area contributed by atoms with Crippen molar-refractivity contribution in [2.75, 3.05) is 6.16 Å². The molecule has 0 aliphatic carbocycles. The second kappa shape index (κ2) is 5.80. The highest BCUT2D eigenvalue weighted by Crippen LogP contribution is 2.46. The monoisotopic (exact) mass is 204 g/mol. The van der Waals surface area contributed by atoms with Gasteiger partial charge < -0.3 is 0 Å². The van der Waals surface area contributed by atoms with Gasteiger partial charge in [0.1, 0.15) is 0 Å². The van der Waals surface area contributed by atoms with Gasteiger partial charge in [-0.15, -0.1) is 11.6 Å².